The van der Waals surface area contributed by atoms with Crippen LogP contribution in [0.2, 0.25) is 5.02 Å². The monoisotopic (exact) mass is 392 g/mol. The van der Waals surface area contributed by atoms with Gasteiger partial charge in [-0.25, -0.2) is 4.39 Å². The van der Waals surface area contributed by atoms with Gasteiger partial charge in [-0.05, 0) is 45.8 Å². The van der Waals surface area contributed by atoms with Crippen molar-refractivity contribution in [1.29, 1.82) is 0 Å². The SMILES string of the molecule is OC(c1ccc(Br)cc1)c1cc(Cl)c(Br)cc1F. The van der Waals surface area contributed by atoms with Crippen LogP contribution in [0.5, 0.6) is 0 Å². The lowest BCUT2D eigenvalue weighted by molar-refractivity contribution is 0.215. The van der Waals surface area contributed by atoms with Crippen molar-refractivity contribution < 1.29 is 9.50 Å². The Kier molecular flexibility index (Phi) is 4.43. The van der Waals surface area contributed by atoms with E-state index in [1.807, 2.05) is 0 Å². The third-order valence-electron chi connectivity index (χ3n) is 2.52. The number of hydrogen-bond acceptors (Lipinski definition) is 1. The van der Waals surface area contributed by atoms with Crippen molar-refractivity contribution in [2.24, 2.45) is 0 Å². The van der Waals surface area contributed by atoms with Gasteiger partial charge in [0.15, 0.2) is 0 Å². The summed E-state index contributed by atoms with van der Waals surface area (Å²) in [4.78, 5) is 0. The summed E-state index contributed by atoms with van der Waals surface area (Å²) >= 11 is 12.3. The molecule has 1 N–H and O–H groups in total. The van der Waals surface area contributed by atoms with Crippen molar-refractivity contribution in [1.82, 2.24) is 0 Å². The summed E-state index contributed by atoms with van der Waals surface area (Å²) in [6, 6.07) is 9.70. The average molecular weight is 394 g/mol. The molecule has 2 aromatic carbocycles. The third-order valence-corrected chi connectivity index (χ3v) is 4.25. The van der Waals surface area contributed by atoms with E-state index in [1.54, 1.807) is 24.3 Å². The molecule has 0 bridgehead atoms. The van der Waals surface area contributed by atoms with Gasteiger partial charge in [-0.1, -0.05) is 39.7 Å². The van der Waals surface area contributed by atoms with Crippen molar-refractivity contribution in [3.8, 4) is 0 Å². The molecule has 0 heterocycles. The van der Waals surface area contributed by atoms with Gasteiger partial charge in [-0.3, -0.25) is 0 Å². The van der Waals surface area contributed by atoms with Gasteiger partial charge < -0.3 is 5.11 Å². The van der Waals surface area contributed by atoms with Gasteiger partial charge in [0.05, 0.1) is 5.02 Å². The minimum atomic E-state index is -1.04. The Balaban J connectivity index is 2.42. The molecule has 0 aromatic heterocycles. The normalized spacial score (nSPS) is 12.5. The average Bonchev–Trinajstić information content (AvgIpc) is 2.34. The van der Waals surface area contributed by atoms with Crippen LogP contribution in [-0.4, -0.2) is 5.11 Å². The lowest BCUT2D eigenvalue weighted by Crippen LogP contribution is -2.02. The fourth-order valence-corrected chi connectivity index (χ4v) is 2.32. The second-order valence-corrected chi connectivity index (χ2v) is 5.92. The molecule has 2 aromatic rings. The Morgan fingerprint density at radius 3 is 2.33 bits per heavy atom. The van der Waals surface area contributed by atoms with E-state index in [-0.39, 0.29) is 5.56 Å². The zero-order valence-electron chi connectivity index (χ0n) is 9.00. The summed E-state index contributed by atoms with van der Waals surface area (Å²) in [6.07, 6.45) is -1.04. The highest BCUT2D eigenvalue weighted by Gasteiger charge is 2.17. The molecule has 94 valence electrons. The second kappa shape index (κ2) is 5.70. The van der Waals surface area contributed by atoms with Gasteiger partial charge in [0, 0.05) is 14.5 Å². The molecule has 0 aliphatic heterocycles. The molecule has 0 aliphatic rings. The van der Waals surface area contributed by atoms with E-state index in [4.69, 9.17) is 11.6 Å². The molecule has 0 spiro atoms. The van der Waals surface area contributed by atoms with Gasteiger partial charge in [-0.2, -0.15) is 0 Å². The Morgan fingerprint density at radius 1 is 1.11 bits per heavy atom. The Hall–Kier alpha value is -0.420. The molecule has 1 nitrogen and oxygen atoms in total. The van der Waals surface area contributed by atoms with Crippen molar-refractivity contribution >= 4 is 43.5 Å². The van der Waals surface area contributed by atoms with Crippen LogP contribution in [0.4, 0.5) is 4.39 Å². The summed E-state index contributed by atoms with van der Waals surface area (Å²) in [5, 5.41) is 10.5. The molecule has 1 atom stereocenters. The molecular formula is C13H8Br2ClFO. The predicted molar refractivity (Wildman–Crippen MR) is 77.3 cm³/mol. The minimum absolute atomic E-state index is 0.158. The van der Waals surface area contributed by atoms with Gasteiger partial charge >= 0.3 is 0 Å². The van der Waals surface area contributed by atoms with Crippen LogP contribution < -0.4 is 0 Å². The smallest absolute Gasteiger partial charge is 0.130 e. The highest BCUT2D eigenvalue weighted by molar-refractivity contribution is 9.10. The van der Waals surface area contributed by atoms with Crippen LogP contribution in [0.15, 0.2) is 45.3 Å². The summed E-state index contributed by atoms with van der Waals surface area (Å²) in [6.45, 7) is 0. The molecule has 2 rings (SSSR count). The molecule has 1 unspecified atom stereocenters. The maximum absolute atomic E-state index is 13.8. The number of benzene rings is 2. The minimum Gasteiger partial charge on any atom is -0.384 e. The Bertz CT molecular complexity index is 572. The Morgan fingerprint density at radius 2 is 1.72 bits per heavy atom. The predicted octanol–water partition coefficient (Wildman–Crippen LogP) is 5.09. The molecule has 0 aliphatic carbocycles. The molecule has 0 saturated heterocycles. The number of halogens is 4. The fraction of sp³-hybridized carbons (Fsp3) is 0.0769. The van der Waals surface area contributed by atoms with Crippen LogP contribution in [0.3, 0.4) is 0 Å². The van der Waals surface area contributed by atoms with Gasteiger partial charge in [0.2, 0.25) is 0 Å². The number of aliphatic hydroxyl groups is 1. The van der Waals surface area contributed by atoms with Gasteiger partial charge in [0.25, 0.3) is 0 Å². The summed E-state index contributed by atoms with van der Waals surface area (Å²) < 4.78 is 15.2. The van der Waals surface area contributed by atoms with Crippen LogP contribution in [0, 0.1) is 5.82 Å². The van der Waals surface area contributed by atoms with Crippen molar-refractivity contribution in [3.05, 3.63) is 67.3 Å². The van der Waals surface area contributed by atoms with E-state index < -0.39 is 11.9 Å². The van der Waals surface area contributed by atoms with Gasteiger partial charge in [0.1, 0.15) is 11.9 Å². The van der Waals surface area contributed by atoms with Crippen molar-refractivity contribution in [2.75, 3.05) is 0 Å². The van der Waals surface area contributed by atoms with Crippen LogP contribution in [0.1, 0.15) is 17.2 Å². The molecule has 0 amide bonds. The molecule has 0 fully saturated rings. The fourth-order valence-electron chi connectivity index (χ4n) is 1.57. The third kappa shape index (κ3) is 2.94. The largest absolute Gasteiger partial charge is 0.384 e. The standard InChI is InChI=1S/C13H8Br2ClFO/c14-8-3-1-7(2-4-8)13(18)9-5-11(16)10(15)6-12(9)17/h1-6,13,18H. The van der Waals surface area contributed by atoms with E-state index in [1.165, 1.54) is 12.1 Å². The Labute approximate surface area is 126 Å². The molecular weight excluding hydrogens is 386 g/mol. The zero-order chi connectivity index (χ0) is 13.3. The number of aliphatic hydroxyl groups excluding tert-OH is 1. The van der Waals surface area contributed by atoms with E-state index in [9.17, 15) is 9.50 Å². The van der Waals surface area contributed by atoms with Crippen molar-refractivity contribution in [2.45, 2.75) is 6.10 Å². The first-order valence-electron chi connectivity index (χ1n) is 5.07. The quantitative estimate of drug-likeness (QED) is 0.704. The van der Waals surface area contributed by atoms with Crippen LogP contribution in [0.25, 0.3) is 0 Å². The van der Waals surface area contributed by atoms with E-state index in [2.05, 4.69) is 31.9 Å². The number of hydrogen-bond donors (Lipinski definition) is 1. The van der Waals surface area contributed by atoms with Crippen LogP contribution in [-0.2, 0) is 0 Å². The highest BCUT2D eigenvalue weighted by Crippen LogP contribution is 2.31. The summed E-state index contributed by atoms with van der Waals surface area (Å²) in [5.74, 6) is -0.498. The van der Waals surface area contributed by atoms with E-state index >= 15 is 0 Å². The van der Waals surface area contributed by atoms with Crippen molar-refractivity contribution in [3.63, 3.8) is 0 Å². The molecule has 18 heavy (non-hydrogen) atoms. The highest BCUT2D eigenvalue weighted by atomic mass is 79.9. The maximum Gasteiger partial charge on any atom is 0.130 e. The van der Waals surface area contributed by atoms with E-state index in [0.29, 0.717) is 15.1 Å². The number of rotatable bonds is 2. The zero-order valence-corrected chi connectivity index (χ0v) is 12.9. The summed E-state index contributed by atoms with van der Waals surface area (Å²) in [7, 11) is 0. The first-order chi connectivity index (χ1) is 8.49. The first kappa shape index (κ1) is 14.0. The molecule has 0 saturated carbocycles. The van der Waals surface area contributed by atoms with Gasteiger partial charge in [-0.15, -0.1) is 0 Å². The second-order valence-electron chi connectivity index (χ2n) is 3.74. The lowest BCUT2D eigenvalue weighted by atomic mass is 10.0. The first-order valence-corrected chi connectivity index (χ1v) is 7.03. The maximum atomic E-state index is 13.8. The topological polar surface area (TPSA) is 20.2 Å². The lowest BCUT2D eigenvalue weighted by Gasteiger charge is -2.13. The summed E-state index contributed by atoms with van der Waals surface area (Å²) in [5.41, 5.74) is 0.765. The molecule has 5 heteroatoms. The van der Waals surface area contributed by atoms with Crippen LogP contribution >= 0.6 is 43.5 Å². The van der Waals surface area contributed by atoms with E-state index in [0.717, 1.165) is 4.47 Å². The molecule has 0 radical (unpaired) electrons.